The van der Waals surface area contributed by atoms with E-state index in [0.29, 0.717) is 28.0 Å². The lowest BCUT2D eigenvalue weighted by molar-refractivity contribution is 0.132. The molecule has 0 radical (unpaired) electrons. The van der Waals surface area contributed by atoms with E-state index in [1.807, 2.05) is 48.5 Å². The van der Waals surface area contributed by atoms with E-state index in [0.717, 1.165) is 16.7 Å². The molecule has 0 atom stereocenters. The van der Waals surface area contributed by atoms with Crippen LogP contribution in [-0.2, 0) is 18.1 Å². The Kier molecular flexibility index (Phi) is 6.91. The first kappa shape index (κ1) is 19.8. The maximum atomic E-state index is 9.10. The van der Waals surface area contributed by atoms with Crippen LogP contribution in [0.1, 0.15) is 22.3 Å². The third kappa shape index (κ3) is 5.26. The minimum absolute atomic E-state index is 0.215. The van der Waals surface area contributed by atoms with Gasteiger partial charge in [-0.3, -0.25) is 0 Å². The Morgan fingerprint density at radius 3 is 2.54 bits per heavy atom. The lowest BCUT2D eigenvalue weighted by atomic mass is 10.1. The first-order valence-electron chi connectivity index (χ1n) is 8.46. The Hall–Kier alpha value is -3.00. The SMILES string of the molecule is N#Cc1ccccc1CO/N=C\c1ccccc1OCc1ccc(Cl)c(Cl)c1. The highest BCUT2D eigenvalue weighted by atomic mass is 35.5. The molecule has 0 N–H and O–H groups in total. The number of oxime groups is 1. The summed E-state index contributed by atoms with van der Waals surface area (Å²) in [5, 5.41) is 14.1. The number of hydrogen-bond acceptors (Lipinski definition) is 4. The first-order chi connectivity index (χ1) is 13.7. The van der Waals surface area contributed by atoms with Gasteiger partial charge in [0.1, 0.15) is 19.0 Å². The van der Waals surface area contributed by atoms with Crippen LogP contribution >= 0.6 is 23.2 Å². The van der Waals surface area contributed by atoms with Gasteiger partial charge in [0.15, 0.2) is 0 Å². The summed E-state index contributed by atoms with van der Waals surface area (Å²) < 4.78 is 5.88. The van der Waals surface area contributed by atoms with E-state index in [9.17, 15) is 0 Å². The van der Waals surface area contributed by atoms with Gasteiger partial charge in [0.25, 0.3) is 0 Å². The molecule has 28 heavy (non-hydrogen) atoms. The molecule has 6 heteroatoms. The van der Waals surface area contributed by atoms with E-state index in [2.05, 4.69) is 11.2 Å². The summed E-state index contributed by atoms with van der Waals surface area (Å²) in [7, 11) is 0. The molecule has 0 saturated heterocycles. The molecule has 3 aromatic rings. The number of ether oxygens (including phenoxy) is 1. The van der Waals surface area contributed by atoms with E-state index in [1.54, 1.807) is 24.4 Å². The van der Waals surface area contributed by atoms with Gasteiger partial charge in [-0.2, -0.15) is 5.26 Å². The van der Waals surface area contributed by atoms with E-state index >= 15 is 0 Å². The molecule has 0 fully saturated rings. The lowest BCUT2D eigenvalue weighted by Gasteiger charge is -2.09. The number of hydrogen-bond donors (Lipinski definition) is 0. The van der Waals surface area contributed by atoms with Gasteiger partial charge in [0, 0.05) is 11.1 Å². The minimum atomic E-state index is 0.215. The number of nitriles is 1. The maximum Gasteiger partial charge on any atom is 0.143 e. The Labute approximate surface area is 173 Å². The quantitative estimate of drug-likeness (QED) is 0.354. The monoisotopic (exact) mass is 410 g/mol. The van der Waals surface area contributed by atoms with Gasteiger partial charge in [-0.05, 0) is 35.9 Å². The summed E-state index contributed by atoms with van der Waals surface area (Å²) in [5.41, 5.74) is 3.04. The number of benzene rings is 3. The maximum absolute atomic E-state index is 9.10. The average Bonchev–Trinajstić information content (AvgIpc) is 2.73. The van der Waals surface area contributed by atoms with Crippen molar-refractivity contribution < 1.29 is 9.57 Å². The molecule has 0 aliphatic heterocycles. The number of halogens is 2. The van der Waals surface area contributed by atoms with Gasteiger partial charge in [0.05, 0.1) is 27.9 Å². The van der Waals surface area contributed by atoms with Crippen LogP contribution in [0.4, 0.5) is 0 Å². The zero-order valence-electron chi connectivity index (χ0n) is 14.8. The molecule has 0 aromatic heterocycles. The normalized spacial score (nSPS) is 10.6. The standard InChI is InChI=1S/C22H16Cl2N2O2/c23-20-10-9-16(11-21(20)24)14-27-22-8-4-3-6-18(22)13-26-28-15-19-7-2-1-5-17(19)12-25/h1-11,13H,14-15H2/b26-13-. The third-order valence-electron chi connectivity index (χ3n) is 3.92. The molecule has 0 unspecified atom stereocenters. The second-order valence-electron chi connectivity index (χ2n) is 5.85. The molecule has 0 heterocycles. The number of rotatable bonds is 7. The van der Waals surface area contributed by atoms with E-state index in [4.69, 9.17) is 38.0 Å². The fourth-order valence-electron chi connectivity index (χ4n) is 2.47. The first-order valence-corrected chi connectivity index (χ1v) is 9.22. The minimum Gasteiger partial charge on any atom is -0.488 e. The second-order valence-corrected chi connectivity index (χ2v) is 6.67. The fraction of sp³-hybridized carbons (Fsp3) is 0.0909. The predicted molar refractivity (Wildman–Crippen MR) is 111 cm³/mol. The molecule has 140 valence electrons. The molecule has 3 aromatic carbocycles. The molecule has 0 amide bonds. The van der Waals surface area contributed by atoms with Crippen molar-refractivity contribution in [2.24, 2.45) is 5.16 Å². The van der Waals surface area contributed by atoms with Crippen LogP contribution in [0, 0.1) is 11.3 Å². The van der Waals surface area contributed by atoms with Crippen molar-refractivity contribution in [1.82, 2.24) is 0 Å². The Bertz CT molecular complexity index is 1030. The van der Waals surface area contributed by atoms with Crippen molar-refractivity contribution in [3.8, 4) is 11.8 Å². The predicted octanol–water partition coefficient (Wildman–Crippen LogP) is 5.99. The average molecular weight is 411 g/mol. The molecule has 0 aliphatic carbocycles. The number of para-hydroxylation sites is 1. The van der Waals surface area contributed by atoms with Crippen LogP contribution in [0.15, 0.2) is 71.9 Å². The van der Waals surface area contributed by atoms with Gasteiger partial charge in [-0.15, -0.1) is 0 Å². The summed E-state index contributed by atoms with van der Waals surface area (Å²) in [6.45, 7) is 0.560. The summed E-state index contributed by atoms with van der Waals surface area (Å²) >= 11 is 12.0. The van der Waals surface area contributed by atoms with Crippen LogP contribution in [0.2, 0.25) is 10.0 Å². The van der Waals surface area contributed by atoms with Crippen molar-refractivity contribution in [3.63, 3.8) is 0 Å². The third-order valence-corrected chi connectivity index (χ3v) is 4.66. The Morgan fingerprint density at radius 2 is 1.71 bits per heavy atom. The molecular formula is C22H16Cl2N2O2. The van der Waals surface area contributed by atoms with Gasteiger partial charge >= 0.3 is 0 Å². The zero-order chi connectivity index (χ0) is 19.8. The van der Waals surface area contributed by atoms with Gasteiger partial charge in [-0.25, -0.2) is 0 Å². The van der Waals surface area contributed by atoms with E-state index in [1.165, 1.54) is 0 Å². The van der Waals surface area contributed by atoms with Gasteiger partial charge < -0.3 is 9.57 Å². The Balaban J connectivity index is 1.62. The smallest absolute Gasteiger partial charge is 0.143 e. The van der Waals surface area contributed by atoms with Gasteiger partial charge in [0.2, 0.25) is 0 Å². The zero-order valence-corrected chi connectivity index (χ0v) is 16.3. The topological polar surface area (TPSA) is 54.6 Å². The highest BCUT2D eigenvalue weighted by molar-refractivity contribution is 6.42. The van der Waals surface area contributed by atoms with E-state index in [-0.39, 0.29) is 6.61 Å². The second kappa shape index (κ2) is 9.80. The largest absolute Gasteiger partial charge is 0.488 e. The van der Waals surface area contributed by atoms with Crippen molar-refractivity contribution in [3.05, 3.63) is 99.0 Å². The van der Waals surface area contributed by atoms with Crippen LogP contribution in [0.3, 0.4) is 0 Å². The van der Waals surface area contributed by atoms with Crippen molar-refractivity contribution in [1.29, 1.82) is 5.26 Å². The van der Waals surface area contributed by atoms with Crippen molar-refractivity contribution in [2.45, 2.75) is 13.2 Å². The van der Waals surface area contributed by atoms with Crippen LogP contribution < -0.4 is 4.74 Å². The van der Waals surface area contributed by atoms with Crippen LogP contribution in [0.5, 0.6) is 5.75 Å². The lowest BCUT2D eigenvalue weighted by Crippen LogP contribution is -1.99. The highest BCUT2D eigenvalue weighted by Gasteiger charge is 2.04. The molecule has 0 aliphatic rings. The number of nitrogens with zero attached hydrogens (tertiary/aromatic N) is 2. The summed E-state index contributed by atoms with van der Waals surface area (Å²) in [4.78, 5) is 5.34. The molecule has 3 rings (SSSR count). The molecular weight excluding hydrogens is 395 g/mol. The summed E-state index contributed by atoms with van der Waals surface area (Å²) in [6, 6.07) is 22.3. The van der Waals surface area contributed by atoms with Gasteiger partial charge in [-0.1, -0.05) is 64.8 Å². The molecule has 0 bridgehead atoms. The molecule has 4 nitrogen and oxygen atoms in total. The fourth-order valence-corrected chi connectivity index (χ4v) is 2.79. The summed E-state index contributed by atoms with van der Waals surface area (Å²) in [5.74, 6) is 0.665. The highest BCUT2D eigenvalue weighted by Crippen LogP contribution is 2.24. The Morgan fingerprint density at radius 1 is 0.929 bits per heavy atom. The van der Waals surface area contributed by atoms with Crippen LogP contribution in [0.25, 0.3) is 0 Å². The van der Waals surface area contributed by atoms with E-state index < -0.39 is 0 Å². The van der Waals surface area contributed by atoms with Crippen molar-refractivity contribution in [2.75, 3.05) is 0 Å². The van der Waals surface area contributed by atoms with Crippen LogP contribution in [-0.4, -0.2) is 6.21 Å². The molecule has 0 spiro atoms. The summed E-state index contributed by atoms with van der Waals surface area (Å²) in [6.07, 6.45) is 1.58. The molecule has 0 saturated carbocycles. The van der Waals surface area contributed by atoms with Crippen molar-refractivity contribution >= 4 is 29.4 Å².